The van der Waals surface area contributed by atoms with Crippen molar-refractivity contribution >= 4 is 11.7 Å². The van der Waals surface area contributed by atoms with Gasteiger partial charge in [-0.25, -0.2) is 0 Å². The lowest BCUT2D eigenvalue weighted by Crippen LogP contribution is -2.42. The summed E-state index contributed by atoms with van der Waals surface area (Å²) in [7, 11) is 0. The summed E-state index contributed by atoms with van der Waals surface area (Å²) in [6.07, 6.45) is 1.68. The molecule has 1 aromatic carbocycles. The first-order valence-corrected chi connectivity index (χ1v) is 6.99. The van der Waals surface area contributed by atoms with Crippen LogP contribution in [0, 0.1) is 0 Å². The number of aliphatic carboxylic acids is 1. The number of para-hydroxylation sites is 1. The van der Waals surface area contributed by atoms with Crippen LogP contribution in [0.2, 0.25) is 0 Å². The van der Waals surface area contributed by atoms with Crippen LogP contribution in [0.4, 0.5) is 5.69 Å². The van der Waals surface area contributed by atoms with Crippen molar-refractivity contribution in [3.05, 3.63) is 30.3 Å². The molecule has 0 amide bonds. The summed E-state index contributed by atoms with van der Waals surface area (Å²) in [4.78, 5) is 15.7. The fourth-order valence-corrected chi connectivity index (χ4v) is 2.74. The van der Waals surface area contributed by atoms with Crippen LogP contribution in [-0.4, -0.2) is 48.2 Å². The lowest BCUT2D eigenvalue weighted by Gasteiger charge is -2.27. The molecule has 1 saturated heterocycles. The molecule has 1 N–H and O–H groups in total. The first-order valence-electron chi connectivity index (χ1n) is 6.99. The summed E-state index contributed by atoms with van der Waals surface area (Å²) in [5.41, 5.74) is 1.23. The van der Waals surface area contributed by atoms with Gasteiger partial charge in [0.25, 0.3) is 0 Å². The van der Waals surface area contributed by atoms with Gasteiger partial charge in [0.2, 0.25) is 0 Å². The zero-order valence-electron chi connectivity index (χ0n) is 11.5. The molecule has 19 heavy (non-hydrogen) atoms. The predicted molar refractivity (Wildman–Crippen MR) is 76.6 cm³/mol. The molecule has 1 aliphatic heterocycles. The summed E-state index contributed by atoms with van der Waals surface area (Å²) in [6.45, 7) is 5.52. The van der Waals surface area contributed by atoms with Gasteiger partial charge in [-0.1, -0.05) is 25.1 Å². The quantitative estimate of drug-likeness (QED) is 0.902. The molecule has 1 aliphatic rings. The summed E-state index contributed by atoms with van der Waals surface area (Å²) in [5, 5.41) is 9.24. The van der Waals surface area contributed by atoms with Gasteiger partial charge in [0.15, 0.2) is 0 Å². The third-order valence-electron chi connectivity index (χ3n) is 3.76. The number of hydrogen-bond acceptors (Lipinski definition) is 3. The topological polar surface area (TPSA) is 43.8 Å². The number of hydrogen-bond donors (Lipinski definition) is 1. The molecule has 1 fully saturated rings. The third kappa shape index (κ3) is 3.47. The smallest absolute Gasteiger partial charge is 0.320 e. The van der Waals surface area contributed by atoms with Crippen molar-refractivity contribution in [2.45, 2.75) is 25.8 Å². The summed E-state index contributed by atoms with van der Waals surface area (Å²) in [6, 6.07) is 10.0. The Morgan fingerprint density at radius 1 is 1.21 bits per heavy atom. The van der Waals surface area contributed by atoms with Gasteiger partial charge in [0.05, 0.1) is 0 Å². The van der Waals surface area contributed by atoms with Gasteiger partial charge in [0, 0.05) is 31.9 Å². The second-order valence-corrected chi connectivity index (χ2v) is 4.97. The summed E-state index contributed by atoms with van der Waals surface area (Å²) in [5.74, 6) is -0.698. The number of carbonyl (C=O) groups is 1. The van der Waals surface area contributed by atoms with E-state index in [9.17, 15) is 9.90 Å². The van der Waals surface area contributed by atoms with Crippen LogP contribution in [0.15, 0.2) is 30.3 Å². The summed E-state index contributed by atoms with van der Waals surface area (Å²) < 4.78 is 0. The molecule has 1 unspecified atom stereocenters. The molecule has 0 aromatic heterocycles. The number of anilines is 1. The van der Waals surface area contributed by atoms with Crippen LogP contribution in [0.1, 0.15) is 19.8 Å². The van der Waals surface area contributed by atoms with Gasteiger partial charge >= 0.3 is 5.97 Å². The van der Waals surface area contributed by atoms with E-state index in [0.29, 0.717) is 6.42 Å². The fourth-order valence-electron chi connectivity index (χ4n) is 2.74. The van der Waals surface area contributed by atoms with Crippen molar-refractivity contribution in [3.8, 4) is 0 Å². The van der Waals surface area contributed by atoms with Crippen molar-refractivity contribution in [1.29, 1.82) is 0 Å². The maximum absolute atomic E-state index is 11.2. The molecule has 1 aromatic rings. The highest BCUT2D eigenvalue weighted by Gasteiger charge is 2.25. The van der Waals surface area contributed by atoms with Crippen LogP contribution >= 0.6 is 0 Å². The van der Waals surface area contributed by atoms with E-state index in [1.165, 1.54) is 5.69 Å². The molecule has 0 spiro atoms. The maximum atomic E-state index is 11.2. The van der Waals surface area contributed by atoms with E-state index >= 15 is 0 Å². The number of nitrogens with zero attached hydrogens (tertiary/aromatic N) is 2. The average molecular weight is 262 g/mol. The van der Waals surface area contributed by atoms with E-state index in [1.54, 1.807) is 0 Å². The lowest BCUT2D eigenvalue weighted by atomic mass is 10.2. The van der Waals surface area contributed by atoms with Gasteiger partial charge < -0.3 is 10.0 Å². The minimum Gasteiger partial charge on any atom is -0.480 e. The normalized spacial score (nSPS) is 18.9. The Labute approximate surface area is 114 Å². The molecule has 0 radical (unpaired) electrons. The Morgan fingerprint density at radius 2 is 1.95 bits per heavy atom. The monoisotopic (exact) mass is 262 g/mol. The lowest BCUT2D eigenvalue weighted by molar-refractivity contribution is -0.143. The zero-order chi connectivity index (χ0) is 13.7. The SMILES string of the molecule is CCC(C(=O)O)N1CCCN(c2ccccc2)CC1. The Bertz CT molecular complexity index is 408. The van der Waals surface area contributed by atoms with E-state index in [2.05, 4.69) is 21.9 Å². The molecule has 1 atom stereocenters. The highest BCUT2D eigenvalue weighted by Crippen LogP contribution is 2.17. The van der Waals surface area contributed by atoms with Crippen LogP contribution in [0.25, 0.3) is 0 Å². The van der Waals surface area contributed by atoms with Crippen molar-refractivity contribution in [3.63, 3.8) is 0 Å². The number of carboxylic acid groups (broad SMARTS) is 1. The Kier molecular flexibility index (Phi) is 4.80. The van der Waals surface area contributed by atoms with Crippen molar-refractivity contribution < 1.29 is 9.90 Å². The molecule has 1 heterocycles. The van der Waals surface area contributed by atoms with Crippen molar-refractivity contribution in [2.75, 3.05) is 31.1 Å². The Balaban J connectivity index is 2.00. The van der Waals surface area contributed by atoms with Gasteiger partial charge in [-0.3, -0.25) is 9.69 Å². The van der Waals surface area contributed by atoms with Crippen LogP contribution in [-0.2, 0) is 4.79 Å². The molecule has 0 bridgehead atoms. The number of benzene rings is 1. The third-order valence-corrected chi connectivity index (χ3v) is 3.76. The molecule has 2 rings (SSSR count). The van der Waals surface area contributed by atoms with Gasteiger partial charge in [-0.2, -0.15) is 0 Å². The first kappa shape index (κ1) is 13.9. The van der Waals surface area contributed by atoms with E-state index in [-0.39, 0.29) is 6.04 Å². The van der Waals surface area contributed by atoms with Gasteiger partial charge in [-0.15, -0.1) is 0 Å². The molecular formula is C15H22N2O2. The first-order chi connectivity index (χ1) is 9.22. The van der Waals surface area contributed by atoms with Crippen molar-refractivity contribution in [2.24, 2.45) is 0 Å². The van der Waals surface area contributed by atoms with Crippen molar-refractivity contribution in [1.82, 2.24) is 4.90 Å². The molecule has 0 saturated carbocycles. The molecule has 104 valence electrons. The van der Waals surface area contributed by atoms with Crippen LogP contribution < -0.4 is 4.90 Å². The highest BCUT2D eigenvalue weighted by molar-refractivity contribution is 5.73. The second kappa shape index (κ2) is 6.57. The molecule has 0 aliphatic carbocycles. The van der Waals surface area contributed by atoms with E-state index in [1.807, 2.05) is 25.1 Å². The second-order valence-electron chi connectivity index (χ2n) is 4.97. The minimum absolute atomic E-state index is 0.337. The average Bonchev–Trinajstić information content (AvgIpc) is 2.66. The maximum Gasteiger partial charge on any atom is 0.320 e. The highest BCUT2D eigenvalue weighted by atomic mass is 16.4. The molecular weight excluding hydrogens is 240 g/mol. The minimum atomic E-state index is -0.698. The van der Waals surface area contributed by atoms with Gasteiger partial charge in [-0.05, 0) is 25.0 Å². The van der Waals surface area contributed by atoms with E-state index < -0.39 is 5.97 Å². The van der Waals surface area contributed by atoms with Crippen LogP contribution in [0.3, 0.4) is 0 Å². The fraction of sp³-hybridized carbons (Fsp3) is 0.533. The summed E-state index contributed by atoms with van der Waals surface area (Å²) >= 11 is 0. The van der Waals surface area contributed by atoms with E-state index in [4.69, 9.17) is 0 Å². The van der Waals surface area contributed by atoms with Crippen LogP contribution in [0.5, 0.6) is 0 Å². The standard InChI is InChI=1S/C15H22N2O2/c1-2-14(15(18)19)17-10-6-9-16(11-12-17)13-7-4-3-5-8-13/h3-5,7-8,14H,2,6,9-12H2,1H3,(H,18,19). The zero-order valence-corrected chi connectivity index (χ0v) is 11.5. The Hall–Kier alpha value is -1.55. The largest absolute Gasteiger partial charge is 0.480 e. The van der Waals surface area contributed by atoms with E-state index in [0.717, 1.165) is 32.6 Å². The predicted octanol–water partition coefficient (Wildman–Crippen LogP) is 2.06. The molecule has 4 nitrogen and oxygen atoms in total. The number of carboxylic acids is 1. The molecule has 4 heteroatoms. The number of rotatable bonds is 4. The van der Waals surface area contributed by atoms with Gasteiger partial charge in [0.1, 0.15) is 6.04 Å². The Morgan fingerprint density at radius 3 is 2.58 bits per heavy atom.